The van der Waals surface area contributed by atoms with Crippen LogP contribution < -0.4 is 4.74 Å². The third kappa shape index (κ3) is 2.06. The van der Waals surface area contributed by atoms with Gasteiger partial charge in [0.1, 0.15) is 11.9 Å². The molecule has 2 heteroatoms. The highest BCUT2D eigenvalue weighted by molar-refractivity contribution is 14.1. The Morgan fingerprint density at radius 1 is 1.22 bits per heavy atom. The molecule has 3 atom stereocenters. The smallest absolute Gasteiger partial charge is 0.123 e. The highest BCUT2D eigenvalue weighted by Gasteiger charge is 2.39. The highest BCUT2D eigenvalue weighted by Crippen LogP contribution is 2.48. The van der Waals surface area contributed by atoms with Crippen molar-refractivity contribution in [2.45, 2.75) is 61.4 Å². The molecule has 1 aliphatic carbocycles. The van der Waals surface area contributed by atoms with Crippen molar-refractivity contribution in [2.24, 2.45) is 0 Å². The molecule has 2 aliphatic rings. The van der Waals surface area contributed by atoms with Crippen molar-refractivity contribution < 1.29 is 4.74 Å². The lowest BCUT2D eigenvalue weighted by Crippen LogP contribution is -2.40. The molecule has 1 aliphatic heterocycles. The summed E-state index contributed by atoms with van der Waals surface area (Å²) in [7, 11) is 0. The Morgan fingerprint density at radius 2 is 2.00 bits per heavy atom. The highest BCUT2D eigenvalue weighted by atomic mass is 127. The van der Waals surface area contributed by atoms with E-state index in [1.165, 1.54) is 30.4 Å². The van der Waals surface area contributed by atoms with Crippen molar-refractivity contribution in [1.82, 2.24) is 0 Å². The Bertz CT molecular complexity index is 461. The first-order valence-electron chi connectivity index (χ1n) is 6.92. The molecule has 98 valence electrons. The fraction of sp³-hybridized carbons (Fsp3) is 0.625. The minimum atomic E-state index is 0.224. The van der Waals surface area contributed by atoms with Crippen LogP contribution in [0.4, 0.5) is 0 Å². The van der Waals surface area contributed by atoms with E-state index in [0.717, 1.165) is 5.75 Å². The second kappa shape index (κ2) is 4.39. The van der Waals surface area contributed by atoms with E-state index < -0.39 is 0 Å². The summed E-state index contributed by atoms with van der Waals surface area (Å²) in [5, 5.41) is 0. The monoisotopic (exact) mass is 356 g/mol. The van der Waals surface area contributed by atoms with Gasteiger partial charge in [-0.2, -0.15) is 0 Å². The van der Waals surface area contributed by atoms with Gasteiger partial charge in [-0.3, -0.25) is 0 Å². The summed E-state index contributed by atoms with van der Waals surface area (Å²) in [6.45, 7) is 6.84. The summed E-state index contributed by atoms with van der Waals surface area (Å²) < 4.78 is 6.83. The van der Waals surface area contributed by atoms with E-state index in [0.29, 0.717) is 15.9 Å². The predicted octanol–water partition coefficient (Wildman–Crippen LogP) is 4.82. The molecule has 2 bridgehead atoms. The maximum Gasteiger partial charge on any atom is 0.123 e. The molecule has 3 unspecified atom stereocenters. The fourth-order valence-corrected chi connectivity index (χ4v) is 4.40. The van der Waals surface area contributed by atoms with Crippen molar-refractivity contribution in [3.8, 4) is 5.75 Å². The normalized spacial score (nSPS) is 30.6. The number of halogens is 1. The molecule has 0 spiro atoms. The molecule has 3 rings (SSSR count). The van der Waals surface area contributed by atoms with Crippen LogP contribution in [-0.4, -0.2) is 10.0 Å². The van der Waals surface area contributed by atoms with E-state index in [1.807, 2.05) is 0 Å². The van der Waals surface area contributed by atoms with Gasteiger partial charge in [-0.1, -0.05) is 55.5 Å². The van der Waals surface area contributed by atoms with Gasteiger partial charge in [0.15, 0.2) is 0 Å². The minimum Gasteiger partial charge on any atom is -0.489 e. The summed E-state index contributed by atoms with van der Waals surface area (Å²) in [5.74, 6) is 1.85. The van der Waals surface area contributed by atoms with Gasteiger partial charge >= 0.3 is 0 Å². The summed E-state index contributed by atoms with van der Waals surface area (Å²) >= 11 is 2.60. The third-order valence-corrected chi connectivity index (χ3v) is 5.97. The molecule has 1 saturated carbocycles. The Labute approximate surface area is 123 Å². The van der Waals surface area contributed by atoms with Crippen molar-refractivity contribution in [1.29, 1.82) is 0 Å². The van der Waals surface area contributed by atoms with E-state index >= 15 is 0 Å². The van der Waals surface area contributed by atoms with E-state index in [1.54, 1.807) is 0 Å². The van der Waals surface area contributed by atoms with Gasteiger partial charge in [-0.05, 0) is 41.9 Å². The Morgan fingerprint density at radius 3 is 2.72 bits per heavy atom. The topological polar surface area (TPSA) is 9.23 Å². The van der Waals surface area contributed by atoms with Crippen molar-refractivity contribution in [3.05, 3.63) is 29.3 Å². The predicted molar refractivity (Wildman–Crippen MR) is 84.0 cm³/mol. The zero-order valence-electron chi connectivity index (χ0n) is 11.4. The first-order chi connectivity index (χ1) is 8.47. The third-order valence-electron chi connectivity index (χ3n) is 4.30. The van der Waals surface area contributed by atoms with Crippen molar-refractivity contribution in [2.75, 3.05) is 0 Å². The van der Waals surface area contributed by atoms with Crippen LogP contribution in [-0.2, 0) is 5.41 Å². The molecule has 1 fully saturated rings. The largest absolute Gasteiger partial charge is 0.489 e. The number of fused-ring (bicyclic) bond motifs is 4. The van der Waals surface area contributed by atoms with Gasteiger partial charge < -0.3 is 4.74 Å². The SMILES string of the molecule is CC(C)(C)c1ccc2c(c1)C1CCCC(O2)C1I. The number of hydrogen-bond acceptors (Lipinski definition) is 1. The number of benzene rings is 1. The Balaban J connectivity index is 2.05. The Kier molecular flexibility index (Phi) is 3.12. The second-order valence-electron chi connectivity index (χ2n) is 6.64. The van der Waals surface area contributed by atoms with Crippen molar-refractivity contribution in [3.63, 3.8) is 0 Å². The van der Waals surface area contributed by atoms with Crippen LogP contribution in [0.15, 0.2) is 18.2 Å². The van der Waals surface area contributed by atoms with Gasteiger partial charge in [-0.25, -0.2) is 0 Å². The zero-order valence-corrected chi connectivity index (χ0v) is 13.5. The lowest BCUT2D eigenvalue weighted by Gasteiger charge is -2.41. The van der Waals surface area contributed by atoms with Gasteiger partial charge in [0.25, 0.3) is 0 Å². The van der Waals surface area contributed by atoms with Gasteiger partial charge in [0.2, 0.25) is 0 Å². The number of rotatable bonds is 0. The number of alkyl halides is 1. The molecular formula is C16H21IO. The molecule has 0 amide bonds. The first-order valence-corrected chi connectivity index (χ1v) is 8.16. The van der Waals surface area contributed by atoms with Crippen LogP contribution in [0.25, 0.3) is 0 Å². The van der Waals surface area contributed by atoms with Crippen LogP contribution in [0.5, 0.6) is 5.75 Å². The Hall–Kier alpha value is -0.250. The molecule has 0 aromatic heterocycles. The van der Waals surface area contributed by atoms with Crippen LogP contribution in [0.1, 0.15) is 57.1 Å². The van der Waals surface area contributed by atoms with Crippen LogP contribution >= 0.6 is 22.6 Å². The van der Waals surface area contributed by atoms with Crippen LogP contribution in [0.2, 0.25) is 0 Å². The number of ether oxygens (including phenoxy) is 1. The van der Waals surface area contributed by atoms with E-state index in [-0.39, 0.29) is 5.41 Å². The standard InChI is InChI=1S/C16H21IO/c1-16(2,3)10-7-8-13-12(9-10)11-5-4-6-14(18-13)15(11)17/h7-9,11,14-15H,4-6H2,1-3H3. The molecule has 0 saturated heterocycles. The molecule has 0 radical (unpaired) electrons. The van der Waals surface area contributed by atoms with E-state index in [4.69, 9.17) is 4.74 Å². The maximum atomic E-state index is 6.18. The van der Waals surface area contributed by atoms with Gasteiger partial charge in [-0.15, -0.1) is 0 Å². The molecule has 1 aromatic carbocycles. The van der Waals surface area contributed by atoms with Crippen LogP contribution in [0.3, 0.4) is 0 Å². The first kappa shape index (κ1) is 12.8. The average Bonchev–Trinajstić information content (AvgIpc) is 2.28. The maximum absolute atomic E-state index is 6.18. The lowest BCUT2D eigenvalue weighted by atomic mass is 9.77. The van der Waals surface area contributed by atoms with Gasteiger partial charge in [0.05, 0.1) is 3.92 Å². The molecule has 0 N–H and O–H groups in total. The summed E-state index contributed by atoms with van der Waals surface area (Å²) in [6.07, 6.45) is 4.31. The van der Waals surface area contributed by atoms with E-state index in [9.17, 15) is 0 Å². The average molecular weight is 356 g/mol. The van der Waals surface area contributed by atoms with Crippen LogP contribution in [0, 0.1) is 0 Å². The summed E-state index contributed by atoms with van der Waals surface area (Å²) in [6, 6.07) is 6.83. The second-order valence-corrected chi connectivity index (χ2v) is 8.08. The molecule has 18 heavy (non-hydrogen) atoms. The van der Waals surface area contributed by atoms with Crippen molar-refractivity contribution >= 4 is 22.6 Å². The number of hydrogen-bond donors (Lipinski definition) is 0. The molecule has 1 nitrogen and oxygen atoms in total. The summed E-state index contributed by atoms with van der Waals surface area (Å²) in [5.41, 5.74) is 3.11. The molecular weight excluding hydrogens is 335 g/mol. The zero-order chi connectivity index (χ0) is 12.9. The van der Waals surface area contributed by atoms with E-state index in [2.05, 4.69) is 61.6 Å². The molecule has 1 heterocycles. The van der Waals surface area contributed by atoms with Gasteiger partial charge in [0, 0.05) is 5.92 Å². The lowest BCUT2D eigenvalue weighted by molar-refractivity contribution is 0.132. The molecule has 1 aromatic rings. The quantitative estimate of drug-likeness (QED) is 0.479. The fourth-order valence-electron chi connectivity index (χ4n) is 3.14. The summed E-state index contributed by atoms with van der Waals surface area (Å²) in [4.78, 5) is 0. The minimum absolute atomic E-state index is 0.224.